The number of esters is 1. The van der Waals surface area contributed by atoms with Crippen LogP contribution in [0.3, 0.4) is 0 Å². The Morgan fingerprint density at radius 1 is 0.571 bits per heavy atom. The minimum Gasteiger partial charge on any atom is -0.481 e. The molecule has 9 nitrogen and oxygen atoms in total. The second kappa shape index (κ2) is 19.4. The predicted octanol–water partition coefficient (Wildman–Crippen LogP) is 9.68. The molecule has 10 unspecified atom stereocenters. The van der Waals surface area contributed by atoms with Crippen molar-refractivity contribution < 1.29 is 45.0 Å². The Kier molecular flexibility index (Phi) is 15.3. The smallest absolute Gasteiger partial charge is 0.305 e. The molecule has 6 N–H and O–H groups in total. The van der Waals surface area contributed by atoms with E-state index in [2.05, 4.69) is 55.4 Å². The van der Waals surface area contributed by atoms with Crippen molar-refractivity contribution in [1.82, 2.24) is 0 Å². The minimum absolute atomic E-state index is 0.0901. The summed E-state index contributed by atoms with van der Waals surface area (Å²) < 4.78 is 5.07. The minimum atomic E-state index is -0.683. The molecule has 0 aromatic heterocycles. The summed E-state index contributed by atoms with van der Waals surface area (Å²) in [7, 11) is 0. The summed E-state index contributed by atoms with van der Waals surface area (Å²) in [6.45, 7) is 18.9. The van der Waals surface area contributed by atoms with Crippen LogP contribution in [0.5, 0.6) is 0 Å². The zero-order chi connectivity index (χ0) is 45.8. The molecule has 63 heavy (non-hydrogen) atoms. The molecule has 8 rings (SSSR count). The maximum absolute atomic E-state index is 12.0. The zero-order valence-corrected chi connectivity index (χ0v) is 40.9. The van der Waals surface area contributed by atoms with Gasteiger partial charge in [-0.2, -0.15) is 0 Å². The topological polar surface area (TPSA) is 165 Å². The van der Waals surface area contributed by atoms with E-state index in [-0.39, 0.29) is 71.7 Å². The molecule has 9 heteroatoms. The number of carbonyl (C=O) groups is 2. The van der Waals surface area contributed by atoms with Gasteiger partial charge in [0.1, 0.15) is 6.61 Å². The predicted molar refractivity (Wildman–Crippen MR) is 246 cm³/mol. The van der Waals surface area contributed by atoms with E-state index in [1.54, 1.807) is 0 Å². The molecule has 8 saturated carbocycles. The lowest BCUT2D eigenvalue weighted by molar-refractivity contribution is -0.203. The maximum Gasteiger partial charge on any atom is 0.305 e. The van der Waals surface area contributed by atoms with Crippen molar-refractivity contribution in [3.63, 3.8) is 0 Å². The van der Waals surface area contributed by atoms with Gasteiger partial charge >= 0.3 is 11.9 Å². The Bertz CT molecular complexity index is 1570. The van der Waals surface area contributed by atoms with Crippen LogP contribution >= 0.6 is 0 Å². The van der Waals surface area contributed by atoms with E-state index < -0.39 is 5.97 Å². The summed E-state index contributed by atoms with van der Waals surface area (Å²) in [4.78, 5) is 23.1. The SMILES string of the molecule is CC[C@@H]1C2C[C@H](O)CC[C@]2(C)C2CC[C@@]3(C)C(CCC3[C@H](C)CCC(=O)O)C2[C@@H]1O.CC[C@@H]1C2C[C@H](O)CC[C@]2(C)C2CC[C@@]3(C)C(CCC3[C@H](C)CCC(=O)OCCO)C2[C@@H]1O. The zero-order valence-electron chi connectivity index (χ0n) is 40.9. The van der Waals surface area contributed by atoms with E-state index in [9.17, 15) is 30.0 Å². The van der Waals surface area contributed by atoms with Gasteiger partial charge < -0.3 is 35.4 Å². The van der Waals surface area contributed by atoms with E-state index >= 15 is 0 Å². The first-order chi connectivity index (χ1) is 29.8. The number of fused-ring (bicyclic) bond motifs is 10. The molecule has 0 radical (unpaired) electrons. The van der Waals surface area contributed by atoms with Crippen LogP contribution < -0.4 is 0 Å². The van der Waals surface area contributed by atoms with Crippen LogP contribution in [0.15, 0.2) is 0 Å². The number of rotatable bonds is 12. The van der Waals surface area contributed by atoms with Crippen molar-refractivity contribution >= 4 is 11.9 Å². The first-order valence-electron chi connectivity index (χ1n) is 26.5. The second-order valence-corrected chi connectivity index (χ2v) is 24.6. The van der Waals surface area contributed by atoms with Gasteiger partial charge in [0.15, 0.2) is 0 Å². The Hall–Kier alpha value is -1.26. The lowest BCUT2D eigenvalue weighted by Crippen LogP contribution is -2.62. The van der Waals surface area contributed by atoms with Gasteiger partial charge in [-0.25, -0.2) is 0 Å². The fourth-order valence-electron chi connectivity index (χ4n) is 19.2. The van der Waals surface area contributed by atoms with E-state index in [0.717, 1.165) is 64.2 Å². The molecule has 0 aliphatic heterocycles. The molecule has 0 amide bonds. The molecule has 22 atom stereocenters. The normalized spacial score (nSPS) is 49.6. The van der Waals surface area contributed by atoms with Gasteiger partial charge in [0.25, 0.3) is 0 Å². The fraction of sp³-hybridized carbons (Fsp3) is 0.963. The Balaban J connectivity index is 0.000000190. The Morgan fingerprint density at radius 2 is 0.968 bits per heavy atom. The van der Waals surface area contributed by atoms with Crippen LogP contribution in [0.2, 0.25) is 0 Å². The average Bonchev–Trinajstić information content (AvgIpc) is 3.79. The average molecular weight is 885 g/mol. The first kappa shape index (κ1) is 49.6. The number of carboxylic acids is 1. The number of carboxylic acid groups (broad SMARTS) is 1. The van der Waals surface area contributed by atoms with Crippen molar-refractivity contribution in [3.05, 3.63) is 0 Å². The number of hydrogen-bond donors (Lipinski definition) is 6. The number of carbonyl (C=O) groups excluding carboxylic acids is 1. The lowest BCUT2D eigenvalue weighted by atomic mass is 9.41. The van der Waals surface area contributed by atoms with Crippen LogP contribution in [0.4, 0.5) is 0 Å². The van der Waals surface area contributed by atoms with Crippen LogP contribution in [-0.2, 0) is 14.3 Å². The number of ether oxygens (including phenoxy) is 1. The van der Waals surface area contributed by atoms with Gasteiger partial charge in [0.2, 0.25) is 0 Å². The largest absolute Gasteiger partial charge is 0.481 e. The van der Waals surface area contributed by atoms with E-state index in [1.165, 1.54) is 51.4 Å². The van der Waals surface area contributed by atoms with Crippen molar-refractivity contribution in [2.75, 3.05) is 13.2 Å². The highest BCUT2D eigenvalue weighted by Gasteiger charge is 2.66. The monoisotopic (exact) mass is 885 g/mol. The molecule has 0 saturated heterocycles. The van der Waals surface area contributed by atoms with Gasteiger partial charge in [0, 0.05) is 12.8 Å². The van der Waals surface area contributed by atoms with Crippen LogP contribution in [0.1, 0.15) is 184 Å². The molecule has 0 aromatic rings. The molecule has 8 aliphatic carbocycles. The van der Waals surface area contributed by atoms with Gasteiger partial charge in [-0.15, -0.1) is 0 Å². The molecule has 362 valence electrons. The third-order valence-corrected chi connectivity index (χ3v) is 22.3. The Morgan fingerprint density at radius 3 is 1.37 bits per heavy atom. The molecule has 0 aromatic carbocycles. The van der Waals surface area contributed by atoms with Gasteiger partial charge in [-0.3, -0.25) is 9.59 Å². The summed E-state index contributed by atoms with van der Waals surface area (Å²) in [5.41, 5.74) is 0.950. The highest BCUT2D eigenvalue weighted by atomic mass is 16.5. The van der Waals surface area contributed by atoms with Crippen LogP contribution in [0, 0.1) is 105 Å². The fourth-order valence-corrected chi connectivity index (χ4v) is 19.2. The molecule has 8 aliphatic rings. The van der Waals surface area contributed by atoms with E-state index in [0.29, 0.717) is 89.3 Å². The molecule has 0 bridgehead atoms. The van der Waals surface area contributed by atoms with Crippen LogP contribution in [0.25, 0.3) is 0 Å². The molecule has 0 spiro atoms. The second-order valence-electron chi connectivity index (χ2n) is 24.6. The van der Waals surface area contributed by atoms with Crippen molar-refractivity contribution in [2.24, 2.45) is 105 Å². The molecular formula is C54H92O9. The summed E-state index contributed by atoms with van der Waals surface area (Å²) in [6.07, 6.45) is 18.8. The standard InChI is InChI=1S/C28H48O5.C26H44O4/c1-5-19-23-16-18(30)10-12-28(23,4)22-11-13-27(3)20(7-8-21(27)25(22)26(19)32)17(2)6-9-24(31)33-15-14-29;1-5-17-21-14-16(27)10-12-26(21,4)20-11-13-25(3)18(15(2)6-9-22(28)29)7-8-19(25)23(20)24(17)30/h17-23,25-26,29-30,32H,5-16H2,1-4H3;15-21,23-24,27,30H,5-14H2,1-4H3,(H,28,29)/t17-,18-,19-,20?,21?,22?,23?,25?,26-,27-,28-;15-,16-,17-,18?,19?,20?,21?,23?,24-,25-,26-/m11/s1. The molecule has 0 heterocycles. The summed E-state index contributed by atoms with van der Waals surface area (Å²) in [6, 6.07) is 0. The van der Waals surface area contributed by atoms with Crippen LogP contribution in [-0.4, -0.2) is 80.2 Å². The maximum atomic E-state index is 12.0. The number of hydrogen-bond acceptors (Lipinski definition) is 8. The van der Waals surface area contributed by atoms with E-state index in [4.69, 9.17) is 14.9 Å². The molecule has 8 fully saturated rings. The summed E-state index contributed by atoms with van der Waals surface area (Å²) in [5.74, 6) is 5.64. The highest BCUT2D eigenvalue weighted by Crippen LogP contribution is 2.71. The third-order valence-electron chi connectivity index (χ3n) is 22.3. The summed E-state index contributed by atoms with van der Waals surface area (Å²) >= 11 is 0. The van der Waals surface area contributed by atoms with Gasteiger partial charge in [0.05, 0.1) is 31.0 Å². The Labute approximate surface area is 381 Å². The van der Waals surface area contributed by atoms with Crippen molar-refractivity contribution in [1.29, 1.82) is 0 Å². The highest BCUT2D eigenvalue weighted by molar-refractivity contribution is 5.69. The van der Waals surface area contributed by atoms with Crippen molar-refractivity contribution in [2.45, 2.75) is 208 Å². The van der Waals surface area contributed by atoms with Gasteiger partial charge in [-0.1, -0.05) is 68.2 Å². The number of aliphatic carboxylic acids is 1. The quantitative estimate of drug-likeness (QED) is 0.105. The van der Waals surface area contributed by atoms with E-state index in [1.807, 2.05) is 0 Å². The molecular weight excluding hydrogens is 793 g/mol. The third kappa shape index (κ3) is 8.75. The van der Waals surface area contributed by atoms with Crippen molar-refractivity contribution in [3.8, 4) is 0 Å². The number of aliphatic hydroxyl groups excluding tert-OH is 5. The summed E-state index contributed by atoms with van der Waals surface area (Å²) in [5, 5.41) is 62.4. The first-order valence-corrected chi connectivity index (χ1v) is 26.5. The van der Waals surface area contributed by atoms with Gasteiger partial charge in [-0.05, 0) is 207 Å². The lowest BCUT2D eigenvalue weighted by Gasteiger charge is -2.64. The number of aliphatic hydroxyl groups is 5.